The molecular weight excluding hydrogens is 282 g/mol. The topological polar surface area (TPSA) is 38.3 Å². The molecule has 4 heteroatoms. The van der Waals surface area contributed by atoms with Gasteiger partial charge in [-0.05, 0) is 31.6 Å². The predicted octanol–water partition coefficient (Wildman–Crippen LogP) is 3.56. The number of esters is 1. The summed E-state index contributed by atoms with van der Waals surface area (Å²) in [6.45, 7) is 3.12. The van der Waals surface area contributed by atoms with Crippen molar-refractivity contribution < 1.29 is 9.53 Å². The highest BCUT2D eigenvalue weighted by Gasteiger charge is 2.34. The zero-order valence-electron chi connectivity index (χ0n) is 12.9. The largest absolute Gasteiger partial charge is 0.465 e. The Morgan fingerprint density at radius 2 is 2.00 bits per heavy atom. The lowest BCUT2D eigenvalue weighted by atomic mass is 10.0. The van der Waals surface area contributed by atoms with Gasteiger partial charge in [0.1, 0.15) is 6.04 Å². The van der Waals surface area contributed by atoms with Crippen LogP contribution < -0.4 is 5.32 Å². The molecule has 1 aromatic rings. The molecule has 1 saturated carbocycles. The Hall–Kier alpha value is -1.00. The predicted molar refractivity (Wildman–Crippen MR) is 88.5 cm³/mol. The van der Waals surface area contributed by atoms with Gasteiger partial charge in [0.05, 0.1) is 6.61 Å². The van der Waals surface area contributed by atoms with Crippen molar-refractivity contribution in [2.24, 2.45) is 0 Å². The maximum atomic E-state index is 12.2. The SMILES string of the molecule is CCOC(=O)C(NCC1(SC)CCCC1)c1ccccc1. The fraction of sp³-hybridized carbons (Fsp3) is 0.588. The summed E-state index contributed by atoms with van der Waals surface area (Å²) < 4.78 is 5.51. The number of thioether (sulfide) groups is 1. The van der Waals surface area contributed by atoms with Gasteiger partial charge in [0.25, 0.3) is 0 Å². The van der Waals surface area contributed by atoms with Crippen molar-refractivity contribution in [3.63, 3.8) is 0 Å². The molecule has 1 aliphatic rings. The first-order valence-electron chi connectivity index (χ1n) is 7.71. The van der Waals surface area contributed by atoms with Crippen molar-refractivity contribution in [2.75, 3.05) is 19.4 Å². The first-order chi connectivity index (χ1) is 10.2. The van der Waals surface area contributed by atoms with Gasteiger partial charge >= 0.3 is 5.97 Å². The third-order valence-electron chi connectivity index (χ3n) is 4.23. The van der Waals surface area contributed by atoms with Gasteiger partial charge < -0.3 is 4.74 Å². The summed E-state index contributed by atoms with van der Waals surface area (Å²) >= 11 is 1.93. The molecular formula is C17H25NO2S. The van der Waals surface area contributed by atoms with Crippen LogP contribution in [0.5, 0.6) is 0 Å². The van der Waals surface area contributed by atoms with Crippen molar-refractivity contribution in [3.05, 3.63) is 35.9 Å². The molecule has 1 unspecified atom stereocenters. The molecule has 0 heterocycles. The molecule has 1 N–H and O–H groups in total. The van der Waals surface area contributed by atoms with Crippen LogP contribution in [-0.2, 0) is 9.53 Å². The van der Waals surface area contributed by atoms with Crippen molar-refractivity contribution in [2.45, 2.75) is 43.4 Å². The van der Waals surface area contributed by atoms with Gasteiger partial charge in [0, 0.05) is 11.3 Å². The standard InChI is InChI=1S/C17H25NO2S/c1-3-20-16(19)15(14-9-5-4-6-10-14)18-13-17(21-2)11-7-8-12-17/h4-6,9-10,15,18H,3,7-8,11-13H2,1-2H3. The molecule has 116 valence electrons. The summed E-state index contributed by atoms with van der Waals surface area (Å²) in [6, 6.07) is 9.48. The van der Waals surface area contributed by atoms with E-state index in [2.05, 4.69) is 11.6 Å². The van der Waals surface area contributed by atoms with E-state index in [1.165, 1.54) is 25.7 Å². The molecule has 0 amide bonds. The number of ether oxygens (including phenoxy) is 1. The zero-order valence-corrected chi connectivity index (χ0v) is 13.7. The van der Waals surface area contributed by atoms with Gasteiger partial charge in [-0.1, -0.05) is 43.2 Å². The van der Waals surface area contributed by atoms with Gasteiger partial charge in [-0.3, -0.25) is 5.32 Å². The quantitative estimate of drug-likeness (QED) is 0.782. The number of rotatable bonds is 7. The summed E-state index contributed by atoms with van der Waals surface area (Å²) in [6.07, 6.45) is 7.21. The molecule has 1 aliphatic carbocycles. The third kappa shape index (κ3) is 4.24. The Bertz CT molecular complexity index is 443. The molecule has 0 spiro atoms. The number of hydrogen-bond acceptors (Lipinski definition) is 4. The van der Waals surface area contributed by atoms with E-state index < -0.39 is 0 Å². The van der Waals surface area contributed by atoms with Crippen molar-refractivity contribution >= 4 is 17.7 Å². The van der Waals surface area contributed by atoms with E-state index in [9.17, 15) is 4.79 Å². The fourth-order valence-corrected chi connectivity index (χ4v) is 3.89. The van der Waals surface area contributed by atoms with Crippen molar-refractivity contribution in [1.29, 1.82) is 0 Å². The van der Waals surface area contributed by atoms with E-state index in [1.807, 2.05) is 49.0 Å². The molecule has 0 aromatic heterocycles. The van der Waals surface area contributed by atoms with Gasteiger partial charge in [0.2, 0.25) is 0 Å². The van der Waals surface area contributed by atoms with Crippen LogP contribution >= 0.6 is 11.8 Å². The maximum Gasteiger partial charge on any atom is 0.327 e. The van der Waals surface area contributed by atoms with Crippen LogP contribution in [-0.4, -0.2) is 30.1 Å². The molecule has 0 bridgehead atoms. The summed E-state index contributed by atoms with van der Waals surface area (Å²) in [4.78, 5) is 12.2. The maximum absolute atomic E-state index is 12.2. The summed E-state index contributed by atoms with van der Waals surface area (Å²) in [5.41, 5.74) is 0.977. The lowest BCUT2D eigenvalue weighted by Gasteiger charge is -2.29. The Morgan fingerprint density at radius 3 is 2.57 bits per heavy atom. The number of hydrogen-bond donors (Lipinski definition) is 1. The van der Waals surface area contributed by atoms with E-state index >= 15 is 0 Å². The zero-order chi connectivity index (χ0) is 15.1. The van der Waals surface area contributed by atoms with Crippen LogP contribution in [0, 0.1) is 0 Å². The Labute approximate surface area is 131 Å². The van der Waals surface area contributed by atoms with E-state index in [1.54, 1.807) is 0 Å². The van der Waals surface area contributed by atoms with Crippen LogP contribution in [0.3, 0.4) is 0 Å². The van der Waals surface area contributed by atoms with E-state index in [4.69, 9.17) is 4.74 Å². The van der Waals surface area contributed by atoms with Crippen LogP contribution in [0.4, 0.5) is 0 Å². The highest BCUT2D eigenvalue weighted by atomic mass is 32.2. The highest BCUT2D eigenvalue weighted by Crippen LogP contribution is 2.40. The monoisotopic (exact) mass is 307 g/mol. The lowest BCUT2D eigenvalue weighted by molar-refractivity contribution is -0.145. The number of benzene rings is 1. The van der Waals surface area contributed by atoms with E-state index in [-0.39, 0.29) is 16.8 Å². The number of carbonyl (C=O) groups is 1. The molecule has 1 aromatic carbocycles. The van der Waals surface area contributed by atoms with E-state index in [0.29, 0.717) is 6.61 Å². The smallest absolute Gasteiger partial charge is 0.327 e. The fourth-order valence-electron chi connectivity index (χ4n) is 2.97. The van der Waals surface area contributed by atoms with E-state index in [0.717, 1.165) is 12.1 Å². The van der Waals surface area contributed by atoms with Crippen LogP contribution in [0.15, 0.2) is 30.3 Å². The second-order valence-corrected chi connectivity index (χ2v) is 6.85. The summed E-state index contributed by atoms with van der Waals surface area (Å²) in [5, 5.41) is 3.46. The minimum absolute atomic E-state index is 0.182. The number of carbonyl (C=O) groups excluding carboxylic acids is 1. The average Bonchev–Trinajstić information content (AvgIpc) is 2.98. The van der Waals surface area contributed by atoms with Crippen molar-refractivity contribution in [1.82, 2.24) is 5.32 Å². The molecule has 0 aliphatic heterocycles. The van der Waals surface area contributed by atoms with Gasteiger partial charge in [-0.2, -0.15) is 11.8 Å². The van der Waals surface area contributed by atoms with Crippen LogP contribution in [0.25, 0.3) is 0 Å². The summed E-state index contributed by atoms with van der Waals surface area (Å²) in [5.74, 6) is -0.182. The molecule has 2 rings (SSSR count). The highest BCUT2D eigenvalue weighted by molar-refractivity contribution is 8.00. The average molecular weight is 307 g/mol. The molecule has 1 fully saturated rings. The lowest BCUT2D eigenvalue weighted by Crippen LogP contribution is -2.40. The number of nitrogens with one attached hydrogen (secondary N) is 1. The molecule has 0 radical (unpaired) electrons. The Balaban J connectivity index is 2.07. The van der Waals surface area contributed by atoms with Gasteiger partial charge in [-0.25, -0.2) is 4.79 Å². The first kappa shape index (κ1) is 16.4. The minimum Gasteiger partial charge on any atom is -0.465 e. The second-order valence-electron chi connectivity index (χ2n) is 5.57. The third-order valence-corrected chi connectivity index (χ3v) is 5.65. The molecule has 21 heavy (non-hydrogen) atoms. The molecule has 3 nitrogen and oxygen atoms in total. The normalized spacial score (nSPS) is 18.4. The molecule has 0 saturated heterocycles. The Morgan fingerprint density at radius 1 is 1.33 bits per heavy atom. The first-order valence-corrected chi connectivity index (χ1v) is 8.93. The van der Waals surface area contributed by atoms with Crippen LogP contribution in [0.2, 0.25) is 0 Å². The van der Waals surface area contributed by atoms with Gasteiger partial charge in [-0.15, -0.1) is 0 Å². The Kier molecular flexibility index (Phi) is 6.12. The minimum atomic E-state index is -0.365. The van der Waals surface area contributed by atoms with Gasteiger partial charge in [0.15, 0.2) is 0 Å². The molecule has 1 atom stereocenters. The second kappa shape index (κ2) is 7.85. The summed E-state index contributed by atoms with van der Waals surface area (Å²) in [7, 11) is 0. The van der Waals surface area contributed by atoms with Crippen molar-refractivity contribution in [3.8, 4) is 0 Å². The van der Waals surface area contributed by atoms with Crippen LogP contribution in [0.1, 0.15) is 44.2 Å².